The Balaban J connectivity index is 2.63. The van der Waals surface area contributed by atoms with Gasteiger partial charge in [-0.05, 0) is 25.5 Å². The van der Waals surface area contributed by atoms with Crippen LogP contribution in [-0.4, -0.2) is 35.3 Å². The van der Waals surface area contributed by atoms with Crippen molar-refractivity contribution >= 4 is 10.0 Å². The van der Waals surface area contributed by atoms with Gasteiger partial charge >= 0.3 is 0 Å². The molecule has 0 saturated heterocycles. The molecular formula is C12H19NO4S. The fourth-order valence-corrected chi connectivity index (χ4v) is 2.69. The molecule has 0 aliphatic carbocycles. The summed E-state index contributed by atoms with van der Waals surface area (Å²) >= 11 is 0. The maximum absolute atomic E-state index is 12.0. The molecule has 1 rings (SSSR count). The van der Waals surface area contributed by atoms with Crippen LogP contribution < -0.4 is 9.46 Å². The van der Waals surface area contributed by atoms with Crippen molar-refractivity contribution in [1.29, 1.82) is 0 Å². The van der Waals surface area contributed by atoms with E-state index in [1.807, 2.05) is 6.92 Å². The molecule has 0 fully saturated rings. The van der Waals surface area contributed by atoms with E-state index >= 15 is 0 Å². The molecule has 6 heteroatoms. The van der Waals surface area contributed by atoms with Crippen molar-refractivity contribution in [2.45, 2.75) is 18.2 Å². The number of nitrogens with one attached hydrogen (secondary N) is 1. The van der Waals surface area contributed by atoms with Crippen LogP contribution in [0.5, 0.6) is 5.75 Å². The van der Waals surface area contributed by atoms with Crippen molar-refractivity contribution in [1.82, 2.24) is 4.72 Å². The van der Waals surface area contributed by atoms with Crippen LogP contribution in [0.1, 0.15) is 13.3 Å². The SMILES string of the molecule is CCOCCCNS(=O)(=O)c1ccccc1OC. The van der Waals surface area contributed by atoms with Crippen LogP contribution in [0.25, 0.3) is 0 Å². The van der Waals surface area contributed by atoms with Crippen LogP contribution >= 0.6 is 0 Å². The zero-order valence-electron chi connectivity index (χ0n) is 10.7. The van der Waals surface area contributed by atoms with Gasteiger partial charge in [-0.15, -0.1) is 0 Å². The Hall–Kier alpha value is -1.11. The third-order valence-corrected chi connectivity index (χ3v) is 3.82. The monoisotopic (exact) mass is 273 g/mol. The van der Waals surface area contributed by atoms with E-state index in [0.29, 0.717) is 31.9 Å². The molecule has 0 unspecified atom stereocenters. The first kappa shape index (κ1) is 14.9. The van der Waals surface area contributed by atoms with Gasteiger partial charge in [0, 0.05) is 19.8 Å². The molecule has 5 nitrogen and oxygen atoms in total. The van der Waals surface area contributed by atoms with Crippen molar-refractivity contribution < 1.29 is 17.9 Å². The van der Waals surface area contributed by atoms with Crippen molar-refractivity contribution in [3.63, 3.8) is 0 Å². The van der Waals surface area contributed by atoms with E-state index in [1.165, 1.54) is 13.2 Å². The first-order valence-electron chi connectivity index (χ1n) is 5.82. The van der Waals surface area contributed by atoms with Gasteiger partial charge in [0.05, 0.1) is 7.11 Å². The second-order valence-corrected chi connectivity index (χ2v) is 5.33. The van der Waals surface area contributed by atoms with Gasteiger partial charge in [0.2, 0.25) is 10.0 Å². The summed E-state index contributed by atoms with van der Waals surface area (Å²) in [6.07, 6.45) is 0.641. The van der Waals surface area contributed by atoms with Gasteiger partial charge in [-0.1, -0.05) is 12.1 Å². The maximum Gasteiger partial charge on any atom is 0.244 e. The molecule has 0 saturated carbocycles. The number of rotatable bonds is 8. The zero-order chi connectivity index (χ0) is 13.4. The molecule has 1 N–H and O–H groups in total. The van der Waals surface area contributed by atoms with Crippen molar-refractivity contribution in [2.75, 3.05) is 26.9 Å². The third kappa shape index (κ3) is 4.29. The number of hydrogen-bond acceptors (Lipinski definition) is 4. The molecule has 0 atom stereocenters. The summed E-state index contributed by atoms with van der Waals surface area (Å²) in [6, 6.07) is 6.53. The lowest BCUT2D eigenvalue weighted by Gasteiger charge is -2.10. The Kier molecular flexibility index (Phi) is 6.11. The standard InChI is InChI=1S/C12H19NO4S/c1-3-17-10-6-9-13-18(14,15)12-8-5-4-7-11(12)16-2/h4-5,7-8,13H,3,6,9-10H2,1-2H3. The maximum atomic E-state index is 12.0. The van der Waals surface area contributed by atoms with Crippen LogP contribution in [0.3, 0.4) is 0 Å². The molecular weight excluding hydrogens is 254 g/mol. The quantitative estimate of drug-likeness (QED) is 0.727. The summed E-state index contributed by atoms with van der Waals surface area (Å²) < 4.78 is 36.7. The van der Waals surface area contributed by atoms with Gasteiger partial charge in [-0.2, -0.15) is 0 Å². The first-order chi connectivity index (χ1) is 8.61. The van der Waals surface area contributed by atoms with E-state index in [-0.39, 0.29) is 4.90 Å². The molecule has 0 heterocycles. The molecule has 1 aromatic rings. The van der Waals surface area contributed by atoms with Crippen LogP contribution in [0.2, 0.25) is 0 Å². The number of methoxy groups -OCH3 is 1. The van der Waals surface area contributed by atoms with Gasteiger partial charge in [0.15, 0.2) is 0 Å². The minimum atomic E-state index is -3.52. The lowest BCUT2D eigenvalue weighted by Crippen LogP contribution is -2.26. The molecule has 0 aliphatic heterocycles. The van der Waals surface area contributed by atoms with E-state index in [1.54, 1.807) is 18.2 Å². The average Bonchev–Trinajstić information content (AvgIpc) is 2.38. The molecule has 0 aliphatic rings. The van der Waals surface area contributed by atoms with Gasteiger partial charge in [0.25, 0.3) is 0 Å². The molecule has 0 aromatic heterocycles. The Morgan fingerprint density at radius 1 is 1.28 bits per heavy atom. The van der Waals surface area contributed by atoms with E-state index in [0.717, 1.165) is 0 Å². The Labute approximate surface area is 108 Å². The molecule has 0 bridgehead atoms. The van der Waals surface area contributed by atoms with Crippen LogP contribution in [0.4, 0.5) is 0 Å². The fourth-order valence-electron chi connectivity index (χ4n) is 1.44. The highest BCUT2D eigenvalue weighted by Gasteiger charge is 2.17. The Morgan fingerprint density at radius 2 is 2.00 bits per heavy atom. The van der Waals surface area contributed by atoms with E-state index < -0.39 is 10.0 Å². The van der Waals surface area contributed by atoms with Crippen molar-refractivity contribution in [3.8, 4) is 5.75 Å². The minimum Gasteiger partial charge on any atom is -0.495 e. The molecule has 0 spiro atoms. The number of ether oxygens (including phenoxy) is 2. The number of hydrogen-bond donors (Lipinski definition) is 1. The average molecular weight is 273 g/mol. The minimum absolute atomic E-state index is 0.156. The predicted molar refractivity (Wildman–Crippen MR) is 69.3 cm³/mol. The molecule has 102 valence electrons. The second kappa shape index (κ2) is 7.35. The lowest BCUT2D eigenvalue weighted by atomic mass is 10.3. The van der Waals surface area contributed by atoms with Crippen molar-refractivity contribution in [2.24, 2.45) is 0 Å². The molecule has 18 heavy (non-hydrogen) atoms. The van der Waals surface area contributed by atoms with Crippen molar-refractivity contribution in [3.05, 3.63) is 24.3 Å². The number of benzene rings is 1. The Morgan fingerprint density at radius 3 is 2.67 bits per heavy atom. The lowest BCUT2D eigenvalue weighted by molar-refractivity contribution is 0.146. The molecule has 1 aromatic carbocycles. The van der Waals surface area contributed by atoms with E-state index in [4.69, 9.17) is 9.47 Å². The predicted octanol–water partition coefficient (Wildman–Crippen LogP) is 1.40. The highest BCUT2D eigenvalue weighted by molar-refractivity contribution is 7.89. The van der Waals surface area contributed by atoms with Crippen LogP contribution in [0, 0.1) is 0 Å². The number of sulfonamides is 1. The molecule has 0 amide bonds. The van der Waals surface area contributed by atoms with Gasteiger partial charge in [0.1, 0.15) is 10.6 Å². The summed E-state index contributed by atoms with van der Waals surface area (Å²) in [5.41, 5.74) is 0. The zero-order valence-corrected chi connectivity index (χ0v) is 11.5. The Bertz CT molecular complexity index is 459. The van der Waals surface area contributed by atoms with Gasteiger partial charge in [-0.25, -0.2) is 13.1 Å². The van der Waals surface area contributed by atoms with Crippen LogP contribution in [0.15, 0.2) is 29.2 Å². The normalized spacial score (nSPS) is 11.4. The third-order valence-electron chi connectivity index (χ3n) is 2.32. The van der Waals surface area contributed by atoms with Crippen LogP contribution in [-0.2, 0) is 14.8 Å². The van der Waals surface area contributed by atoms with Gasteiger partial charge < -0.3 is 9.47 Å². The highest BCUT2D eigenvalue weighted by Crippen LogP contribution is 2.22. The second-order valence-electron chi connectivity index (χ2n) is 3.60. The van der Waals surface area contributed by atoms with E-state index in [2.05, 4.69) is 4.72 Å². The van der Waals surface area contributed by atoms with E-state index in [9.17, 15) is 8.42 Å². The largest absolute Gasteiger partial charge is 0.495 e. The first-order valence-corrected chi connectivity index (χ1v) is 7.30. The highest BCUT2D eigenvalue weighted by atomic mass is 32.2. The smallest absolute Gasteiger partial charge is 0.244 e. The number of para-hydroxylation sites is 1. The summed E-state index contributed by atoms with van der Waals surface area (Å²) in [7, 11) is -2.07. The van der Waals surface area contributed by atoms with Gasteiger partial charge in [-0.3, -0.25) is 0 Å². The molecule has 0 radical (unpaired) electrons. The summed E-state index contributed by atoms with van der Waals surface area (Å²) in [5.74, 6) is 0.342. The summed E-state index contributed by atoms with van der Waals surface area (Å²) in [6.45, 7) is 3.43. The topological polar surface area (TPSA) is 64.6 Å². The summed E-state index contributed by atoms with van der Waals surface area (Å²) in [5, 5.41) is 0. The summed E-state index contributed by atoms with van der Waals surface area (Å²) in [4.78, 5) is 0.156. The fraction of sp³-hybridized carbons (Fsp3) is 0.500.